The number of allylic oxidation sites excluding steroid dienone is 1. The smallest absolute Gasteiger partial charge is 0.241 e. The first-order chi connectivity index (χ1) is 13.3. The van der Waals surface area contributed by atoms with Gasteiger partial charge in [-0.1, -0.05) is 30.8 Å². The quantitative estimate of drug-likeness (QED) is 0.567. The van der Waals surface area contributed by atoms with Crippen molar-refractivity contribution < 1.29 is 5.95 Å². The van der Waals surface area contributed by atoms with Gasteiger partial charge in [0.2, 0.25) is 11.7 Å². The van der Waals surface area contributed by atoms with Crippen LogP contribution in [0.25, 0.3) is 28.7 Å². The van der Waals surface area contributed by atoms with Gasteiger partial charge in [0, 0.05) is 44.9 Å². The van der Waals surface area contributed by atoms with Crippen LogP contribution in [0, 0.1) is 5.41 Å². The second-order valence-corrected chi connectivity index (χ2v) is 6.33. The summed E-state index contributed by atoms with van der Waals surface area (Å²) in [6.07, 6.45) is 6.37. The van der Waals surface area contributed by atoms with E-state index in [1.807, 2.05) is 24.3 Å². The number of aromatic nitrogens is 4. The van der Waals surface area contributed by atoms with E-state index >= 15 is 0 Å². The minimum absolute atomic E-state index is 0. The summed E-state index contributed by atoms with van der Waals surface area (Å²) >= 11 is 0. The van der Waals surface area contributed by atoms with Crippen molar-refractivity contribution in [3.05, 3.63) is 48.3 Å². The summed E-state index contributed by atoms with van der Waals surface area (Å²) in [5.41, 5.74) is 2.78. The average Bonchev–Trinajstić information content (AvgIpc) is 3.37. The Balaban J connectivity index is 0.00000150. The van der Waals surface area contributed by atoms with Gasteiger partial charge >= 0.3 is 0 Å². The van der Waals surface area contributed by atoms with Crippen molar-refractivity contribution in [2.75, 3.05) is 26.2 Å². The van der Waals surface area contributed by atoms with Gasteiger partial charge in [-0.15, -0.1) is 0 Å². The van der Waals surface area contributed by atoms with Crippen LogP contribution in [0.4, 0.5) is 0 Å². The van der Waals surface area contributed by atoms with E-state index in [4.69, 9.17) is 9.93 Å². The lowest BCUT2D eigenvalue weighted by molar-refractivity contribution is 0.203. The lowest BCUT2D eigenvalue weighted by Gasteiger charge is -2.25. The Bertz CT molecular complexity index is 944. The summed E-state index contributed by atoms with van der Waals surface area (Å²) in [6, 6.07) is 7.94. The van der Waals surface area contributed by atoms with E-state index in [2.05, 4.69) is 30.3 Å². The van der Waals surface area contributed by atoms with Crippen molar-refractivity contribution >= 4 is 12.3 Å². The largest absolute Gasteiger partial charge is 0.338 e. The van der Waals surface area contributed by atoms with Crippen molar-refractivity contribution in [2.24, 2.45) is 0 Å². The fourth-order valence-electron chi connectivity index (χ4n) is 3.03. The van der Waals surface area contributed by atoms with Gasteiger partial charge in [-0.25, -0.2) is 4.98 Å². The molecule has 0 atom stereocenters. The van der Waals surface area contributed by atoms with E-state index < -0.39 is 0 Å². The van der Waals surface area contributed by atoms with E-state index in [0.29, 0.717) is 24.1 Å². The normalized spacial score (nSPS) is 14.9. The Morgan fingerprint density at radius 2 is 2.07 bits per heavy atom. The number of hydrogen-bond donors (Lipinski definition) is 3. The summed E-state index contributed by atoms with van der Waals surface area (Å²) in [4.78, 5) is 14.4. The second kappa shape index (κ2) is 9.20. The minimum atomic E-state index is 0. The third-order valence-corrected chi connectivity index (χ3v) is 4.41. The summed E-state index contributed by atoms with van der Waals surface area (Å²) in [7, 11) is 0. The molecule has 28 heavy (non-hydrogen) atoms. The molecule has 0 bridgehead atoms. The zero-order valence-corrected chi connectivity index (χ0v) is 14.9. The summed E-state index contributed by atoms with van der Waals surface area (Å²) in [6.45, 7) is 4.63. The highest BCUT2D eigenvalue weighted by Crippen LogP contribution is 2.24. The van der Waals surface area contributed by atoms with Crippen LogP contribution in [0.1, 0.15) is 20.6 Å². The second-order valence-electron chi connectivity index (χ2n) is 6.33. The SMILES string of the molecule is C.N=C/C=C\c1ncc(-c2cccc(-c3noc(CN4CCNCC4)n3)c2)[nH]1.[HH]. The van der Waals surface area contributed by atoms with Crippen molar-refractivity contribution in [2.45, 2.75) is 14.0 Å². The number of piperazine rings is 1. The maximum absolute atomic E-state index is 7.05. The summed E-state index contributed by atoms with van der Waals surface area (Å²) in [5, 5.41) is 14.5. The lowest BCUT2D eigenvalue weighted by Crippen LogP contribution is -2.42. The third-order valence-electron chi connectivity index (χ3n) is 4.41. The van der Waals surface area contributed by atoms with E-state index in [9.17, 15) is 0 Å². The standard InChI is InChI=1S/C19H21N7O.CH4.H2/c20-6-2-5-17-22-12-16(23-17)14-3-1-4-15(11-14)19-24-18(27-25-19)13-26-9-7-21-8-10-26;;/h1-6,11-12,20-21H,7-10,13H2,(H,22,23);1H4;1H/b5-2-,20-6?;;. The van der Waals surface area contributed by atoms with Crippen molar-refractivity contribution in [1.82, 2.24) is 30.3 Å². The zero-order valence-electron chi connectivity index (χ0n) is 14.9. The van der Waals surface area contributed by atoms with Crippen molar-refractivity contribution in [3.8, 4) is 22.6 Å². The molecule has 8 nitrogen and oxygen atoms in total. The van der Waals surface area contributed by atoms with Crippen LogP contribution in [0.3, 0.4) is 0 Å². The molecule has 1 saturated heterocycles. The molecule has 0 aliphatic carbocycles. The maximum Gasteiger partial charge on any atom is 0.241 e. The molecule has 8 heteroatoms. The van der Waals surface area contributed by atoms with Crippen LogP contribution in [0.5, 0.6) is 0 Å². The molecule has 0 unspecified atom stereocenters. The number of imidazole rings is 1. The zero-order chi connectivity index (χ0) is 18.5. The van der Waals surface area contributed by atoms with Gasteiger partial charge in [0.15, 0.2) is 0 Å². The number of nitrogens with zero attached hydrogens (tertiary/aromatic N) is 4. The monoisotopic (exact) mass is 381 g/mol. The van der Waals surface area contributed by atoms with Crippen LogP contribution in [0.15, 0.2) is 41.1 Å². The van der Waals surface area contributed by atoms with Crippen LogP contribution in [0.2, 0.25) is 0 Å². The first-order valence-corrected chi connectivity index (χ1v) is 8.90. The van der Waals surface area contributed by atoms with Gasteiger partial charge in [-0.3, -0.25) is 4.90 Å². The fraction of sp³-hybridized carbons (Fsp3) is 0.300. The maximum atomic E-state index is 7.05. The molecule has 1 aromatic carbocycles. The number of benzene rings is 1. The molecule has 3 heterocycles. The number of aromatic amines is 1. The molecular formula is C20H27N7O. The molecular weight excluding hydrogens is 354 g/mol. The molecule has 1 aliphatic rings. The van der Waals surface area contributed by atoms with E-state index in [1.54, 1.807) is 18.3 Å². The van der Waals surface area contributed by atoms with Gasteiger partial charge < -0.3 is 20.2 Å². The van der Waals surface area contributed by atoms with Crippen LogP contribution < -0.4 is 5.32 Å². The van der Waals surface area contributed by atoms with E-state index in [1.165, 1.54) is 6.21 Å². The van der Waals surface area contributed by atoms with Crippen molar-refractivity contribution in [1.29, 1.82) is 5.41 Å². The molecule has 1 fully saturated rings. The summed E-state index contributed by atoms with van der Waals surface area (Å²) < 4.78 is 5.44. The molecule has 0 radical (unpaired) electrons. The van der Waals surface area contributed by atoms with Crippen molar-refractivity contribution in [3.63, 3.8) is 0 Å². The van der Waals surface area contributed by atoms with Gasteiger partial charge in [0.25, 0.3) is 0 Å². The van der Waals surface area contributed by atoms with Crippen LogP contribution in [-0.2, 0) is 6.54 Å². The predicted molar refractivity (Wildman–Crippen MR) is 112 cm³/mol. The highest BCUT2D eigenvalue weighted by atomic mass is 16.5. The molecule has 1 aliphatic heterocycles. The van der Waals surface area contributed by atoms with Crippen LogP contribution in [-0.4, -0.2) is 57.4 Å². The minimum Gasteiger partial charge on any atom is -0.338 e. The Hall–Kier alpha value is -3.10. The van der Waals surface area contributed by atoms with E-state index in [-0.39, 0.29) is 8.85 Å². The number of H-pyrrole nitrogens is 1. The number of nitrogens with one attached hydrogen (secondary N) is 3. The van der Waals surface area contributed by atoms with Crippen LogP contribution >= 0.6 is 0 Å². The Morgan fingerprint density at radius 3 is 2.89 bits per heavy atom. The predicted octanol–water partition coefficient (Wildman–Crippen LogP) is 3.08. The highest BCUT2D eigenvalue weighted by Gasteiger charge is 2.15. The molecule has 0 saturated carbocycles. The van der Waals surface area contributed by atoms with E-state index in [0.717, 1.165) is 43.0 Å². The Labute approximate surface area is 165 Å². The Morgan fingerprint density at radius 1 is 1.25 bits per heavy atom. The molecule has 0 spiro atoms. The molecule has 148 valence electrons. The lowest BCUT2D eigenvalue weighted by atomic mass is 10.1. The first kappa shape index (κ1) is 19.7. The fourth-order valence-corrected chi connectivity index (χ4v) is 3.03. The van der Waals surface area contributed by atoms with Gasteiger partial charge in [-0.2, -0.15) is 4.98 Å². The molecule has 3 N–H and O–H groups in total. The molecule has 4 rings (SSSR count). The van der Waals surface area contributed by atoms with Gasteiger partial charge in [0.1, 0.15) is 5.82 Å². The first-order valence-electron chi connectivity index (χ1n) is 8.90. The Kier molecular flexibility index (Phi) is 6.46. The molecule has 3 aromatic rings. The number of rotatable bonds is 6. The average molecular weight is 381 g/mol. The molecule has 0 amide bonds. The van der Waals surface area contributed by atoms with Gasteiger partial charge in [0.05, 0.1) is 18.4 Å². The molecule has 2 aromatic heterocycles. The third kappa shape index (κ3) is 4.59. The van der Waals surface area contributed by atoms with Gasteiger partial charge in [-0.05, 0) is 18.2 Å². The number of hydrogen-bond acceptors (Lipinski definition) is 7. The highest BCUT2D eigenvalue weighted by molar-refractivity contribution is 5.75. The topological polar surface area (TPSA) is 107 Å². The summed E-state index contributed by atoms with van der Waals surface area (Å²) in [5.74, 6) is 1.93.